The van der Waals surface area contributed by atoms with Gasteiger partial charge in [0.15, 0.2) is 0 Å². The highest BCUT2D eigenvalue weighted by Gasteiger charge is 2.18. The molecule has 0 bridgehead atoms. The lowest BCUT2D eigenvalue weighted by Gasteiger charge is -2.31. The zero-order valence-electron chi connectivity index (χ0n) is 13.1. The van der Waals surface area contributed by atoms with Crippen LogP contribution in [0.2, 0.25) is 0 Å². The summed E-state index contributed by atoms with van der Waals surface area (Å²) < 4.78 is 0. The third-order valence-corrected chi connectivity index (χ3v) is 4.31. The third kappa shape index (κ3) is 5.14. The van der Waals surface area contributed by atoms with Crippen molar-refractivity contribution >= 4 is 5.97 Å². The minimum absolute atomic E-state index is 0.109. The molecule has 0 unspecified atom stereocenters. The summed E-state index contributed by atoms with van der Waals surface area (Å²) >= 11 is 0. The van der Waals surface area contributed by atoms with E-state index in [-0.39, 0.29) is 6.42 Å². The smallest absolute Gasteiger partial charge is 0.307 e. The van der Waals surface area contributed by atoms with Gasteiger partial charge < -0.3 is 14.9 Å². The summed E-state index contributed by atoms with van der Waals surface area (Å²) in [4.78, 5) is 15.7. The molecule has 0 amide bonds. The van der Waals surface area contributed by atoms with Crippen molar-refractivity contribution in [2.24, 2.45) is 5.92 Å². The SMILES string of the molecule is CN1CCC(CN(C)Cc2ccccc2CC(=O)O)CC1. The van der Waals surface area contributed by atoms with Crippen LogP contribution in [0.1, 0.15) is 24.0 Å². The van der Waals surface area contributed by atoms with Gasteiger partial charge in [-0.05, 0) is 57.1 Å². The molecular formula is C17H26N2O2. The molecule has 1 saturated heterocycles. The van der Waals surface area contributed by atoms with Gasteiger partial charge in [-0.25, -0.2) is 0 Å². The molecule has 1 fully saturated rings. The number of benzene rings is 1. The maximum atomic E-state index is 10.9. The molecule has 1 aromatic rings. The van der Waals surface area contributed by atoms with Crippen LogP contribution in [0, 0.1) is 5.92 Å². The van der Waals surface area contributed by atoms with Gasteiger partial charge in [0.2, 0.25) is 0 Å². The van der Waals surface area contributed by atoms with Crippen molar-refractivity contribution in [1.82, 2.24) is 9.80 Å². The van der Waals surface area contributed by atoms with Crippen LogP contribution in [0.15, 0.2) is 24.3 Å². The number of carbonyl (C=O) groups is 1. The summed E-state index contributed by atoms with van der Waals surface area (Å²) in [5.41, 5.74) is 2.07. The fraction of sp³-hybridized carbons (Fsp3) is 0.588. The largest absolute Gasteiger partial charge is 0.481 e. The first-order chi connectivity index (χ1) is 10.0. The molecule has 116 valence electrons. The Kier molecular flexibility index (Phi) is 5.76. The quantitative estimate of drug-likeness (QED) is 0.871. The molecule has 1 aliphatic heterocycles. The van der Waals surface area contributed by atoms with E-state index in [1.807, 2.05) is 24.3 Å². The Hall–Kier alpha value is -1.39. The van der Waals surface area contributed by atoms with E-state index in [0.717, 1.165) is 30.1 Å². The molecule has 2 rings (SSSR count). The van der Waals surface area contributed by atoms with Gasteiger partial charge in [-0.1, -0.05) is 24.3 Å². The molecule has 1 aromatic carbocycles. The highest BCUT2D eigenvalue weighted by atomic mass is 16.4. The van der Waals surface area contributed by atoms with E-state index in [1.54, 1.807) is 0 Å². The predicted molar refractivity (Wildman–Crippen MR) is 84.3 cm³/mol. The first-order valence-corrected chi connectivity index (χ1v) is 7.70. The maximum absolute atomic E-state index is 10.9. The number of carboxylic acids is 1. The first kappa shape index (κ1) is 16.0. The van der Waals surface area contributed by atoms with E-state index in [0.29, 0.717) is 0 Å². The maximum Gasteiger partial charge on any atom is 0.307 e. The lowest BCUT2D eigenvalue weighted by molar-refractivity contribution is -0.136. The third-order valence-electron chi connectivity index (χ3n) is 4.31. The molecule has 0 radical (unpaired) electrons. The van der Waals surface area contributed by atoms with E-state index >= 15 is 0 Å². The van der Waals surface area contributed by atoms with Gasteiger partial charge in [0.25, 0.3) is 0 Å². The van der Waals surface area contributed by atoms with Gasteiger partial charge in [-0.3, -0.25) is 4.79 Å². The van der Waals surface area contributed by atoms with Gasteiger partial charge in [0.05, 0.1) is 6.42 Å². The van der Waals surface area contributed by atoms with Gasteiger partial charge in [0.1, 0.15) is 0 Å². The average molecular weight is 290 g/mol. The number of hydrogen-bond acceptors (Lipinski definition) is 3. The van der Waals surface area contributed by atoms with Crippen LogP contribution in [0.5, 0.6) is 0 Å². The second-order valence-electron chi connectivity index (χ2n) is 6.28. The van der Waals surface area contributed by atoms with E-state index in [1.165, 1.54) is 25.9 Å². The zero-order valence-corrected chi connectivity index (χ0v) is 13.1. The second kappa shape index (κ2) is 7.57. The Morgan fingerprint density at radius 2 is 1.90 bits per heavy atom. The van der Waals surface area contributed by atoms with E-state index < -0.39 is 5.97 Å². The molecule has 0 spiro atoms. The summed E-state index contributed by atoms with van der Waals surface area (Å²) in [6, 6.07) is 7.87. The summed E-state index contributed by atoms with van der Waals surface area (Å²) in [6.07, 6.45) is 2.63. The number of hydrogen-bond donors (Lipinski definition) is 1. The standard InChI is InChI=1S/C17H26N2O2/c1-18-9-7-14(8-10-18)12-19(2)13-16-6-4-3-5-15(16)11-17(20)21/h3-6,14H,7-13H2,1-2H3,(H,20,21). The number of piperidine rings is 1. The first-order valence-electron chi connectivity index (χ1n) is 7.70. The molecular weight excluding hydrogens is 264 g/mol. The molecule has 4 heteroatoms. The minimum Gasteiger partial charge on any atom is -0.481 e. The molecule has 0 saturated carbocycles. The lowest BCUT2D eigenvalue weighted by atomic mass is 9.96. The molecule has 0 atom stereocenters. The fourth-order valence-electron chi connectivity index (χ4n) is 3.09. The molecule has 4 nitrogen and oxygen atoms in total. The van der Waals surface area contributed by atoms with Crippen molar-refractivity contribution in [3.8, 4) is 0 Å². The lowest BCUT2D eigenvalue weighted by Crippen LogP contribution is -2.35. The predicted octanol–water partition coefficient (Wildman–Crippen LogP) is 2.09. The Balaban J connectivity index is 1.90. The van der Waals surface area contributed by atoms with Crippen molar-refractivity contribution in [1.29, 1.82) is 0 Å². The number of carboxylic acid groups (broad SMARTS) is 1. The van der Waals surface area contributed by atoms with Crippen LogP contribution in [0.4, 0.5) is 0 Å². The Morgan fingerprint density at radius 1 is 1.29 bits per heavy atom. The van der Waals surface area contributed by atoms with Crippen LogP contribution in [0.3, 0.4) is 0 Å². The minimum atomic E-state index is -0.763. The van der Waals surface area contributed by atoms with Crippen LogP contribution in [-0.2, 0) is 17.8 Å². The summed E-state index contributed by atoms with van der Waals surface area (Å²) in [5.74, 6) is -0.00161. The fourth-order valence-corrected chi connectivity index (χ4v) is 3.09. The molecule has 21 heavy (non-hydrogen) atoms. The number of rotatable bonds is 6. The van der Waals surface area contributed by atoms with Gasteiger partial charge in [-0.2, -0.15) is 0 Å². The Morgan fingerprint density at radius 3 is 2.52 bits per heavy atom. The van der Waals surface area contributed by atoms with Gasteiger partial charge in [0, 0.05) is 13.1 Å². The molecule has 1 aliphatic rings. The van der Waals surface area contributed by atoms with Crippen molar-refractivity contribution in [3.05, 3.63) is 35.4 Å². The molecule has 1 N–H and O–H groups in total. The Bertz CT molecular complexity index is 468. The van der Waals surface area contributed by atoms with Crippen LogP contribution < -0.4 is 0 Å². The summed E-state index contributed by atoms with van der Waals surface area (Å²) in [7, 11) is 4.32. The topological polar surface area (TPSA) is 43.8 Å². The second-order valence-corrected chi connectivity index (χ2v) is 6.28. The molecule has 0 aliphatic carbocycles. The van der Waals surface area contributed by atoms with Crippen LogP contribution >= 0.6 is 0 Å². The normalized spacial score (nSPS) is 17.3. The van der Waals surface area contributed by atoms with E-state index in [9.17, 15) is 4.79 Å². The van der Waals surface area contributed by atoms with Crippen molar-refractivity contribution in [2.45, 2.75) is 25.8 Å². The average Bonchev–Trinajstić information content (AvgIpc) is 2.43. The number of nitrogens with zero attached hydrogens (tertiary/aromatic N) is 2. The molecule has 1 heterocycles. The highest BCUT2D eigenvalue weighted by molar-refractivity contribution is 5.70. The summed E-state index contributed by atoms with van der Waals surface area (Å²) in [6.45, 7) is 4.30. The van der Waals surface area contributed by atoms with E-state index in [2.05, 4.69) is 23.9 Å². The van der Waals surface area contributed by atoms with Crippen LogP contribution in [-0.4, -0.2) is 54.6 Å². The highest BCUT2D eigenvalue weighted by Crippen LogP contribution is 2.19. The molecule has 0 aromatic heterocycles. The Labute approximate surface area is 127 Å². The van der Waals surface area contributed by atoms with Crippen molar-refractivity contribution in [2.75, 3.05) is 33.7 Å². The van der Waals surface area contributed by atoms with Gasteiger partial charge in [-0.15, -0.1) is 0 Å². The van der Waals surface area contributed by atoms with Crippen LogP contribution in [0.25, 0.3) is 0 Å². The van der Waals surface area contributed by atoms with Gasteiger partial charge >= 0.3 is 5.97 Å². The monoisotopic (exact) mass is 290 g/mol. The summed E-state index contributed by atoms with van der Waals surface area (Å²) in [5, 5.41) is 8.99. The van der Waals surface area contributed by atoms with Crippen molar-refractivity contribution < 1.29 is 9.90 Å². The zero-order chi connectivity index (χ0) is 15.2. The number of aliphatic carboxylic acids is 1. The van der Waals surface area contributed by atoms with Crippen molar-refractivity contribution in [3.63, 3.8) is 0 Å². The number of likely N-dealkylation sites (tertiary alicyclic amines) is 1. The van der Waals surface area contributed by atoms with E-state index in [4.69, 9.17) is 5.11 Å².